The lowest BCUT2D eigenvalue weighted by Gasteiger charge is -2.16. The first kappa shape index (κ1) is 22.1. The van der Waals surface area contributed by atoms with Crippen molar-refractivity contribution in [3.8, 4) is 17.2 Å². The number of carbonyl (C=O) groups is 2. The average Bonchev–Trinajstić information content (AvgIpc) is 2.64. The van der Waals surface area contributed by atoms with Gasteiger partial charge in [-0.1, -0.05) is 6.07 Å². The topological polar surface area (TPSA) is 108 Å². The fourth-order valence-corrected chi connectivity index (χ4v) is 2.75. The predicted molar refractivity (Wildman–Crippen MR) is 110 cm³/mol. The van der Waals surface area contributed by atoms with Gasteiger partial charge in [-0.3, -0.25) is 4.79 Å². The second-order valence-electron chi connectivity index (χ2n) is 7.13. The van der Waals surface area contributed by atoms with E-state index in [1.807, 2.05) is 13.8 Å². The lowest BCUT2D eigenvalue weighted by atomic mass is 9.99. The van der Waals surface area contributed by atoms with Gasteiger partial charge in [0.15, 0.2) is 17.3 Å². The molecule has 0 atom stereocenters. The third-order valence-corrected chi connectivity index (χ3v) is 4.03. The minimum Gasteiger partial charge on any atom is -0.503 e. The van der Waals surface area contributed by atoms with Crippen LogP contribution in [0.3, 0.4) is 0 Å². The van der Waals surface area contributed by atoms with E-state index in [2.05, 4.69) is 0 Å². The Labute approximate surface area is 170 Å². The SMILES string of the molecule is COc1c(C(=O)Cc2ccc(C(=O)OC(C)C)cc2OC(C)C)ccc(N)c1O. The number of carbonyl (C=O) groups excluding carboxylic acids is 2. The summed E-state index contributed by atoms with van der Waals surface area (Å²) in [6, 6.07) is 7.79. The van der Waals surface area contributed by atoms with E-state index in [0.717, 1.165) is 0 Å². The summed E-state index contributed by atoms with van der Waals surface area (Å²) >= 11 is 0. The molecule has 0 amide bonds. The Hall–Kier alpha value is -3.22. The number of anilines is 1. The van der Waals surface area contributed by atoms with Crippen LogP contribution < -0.4 is 15.2 Å². The second-order valence-corrected chi connectivity index (χ2v) is 7.13. The summed E-state index contributed by atoms with van der Waals surface area (Å²) in [7, 11) is 1.35. The van der Waals surface area contributed by atoms with Gasteiger partial charge in [0.25, 0.3) is 0 Å². The van der Waals surface area contributed by atoms with E-state index in [-0.39, 0.29) is 47.2 Å². The van der Waals surface area contributed by atoms with Crippen LogP contribution in [-0.2, 0) is 11.2 Å². The number of methoxy groups -OCH3 is 1. The number of phenols is 1. The molecule has 2 aromatic carbocycles. The summed E-state index contributed by atoms with van der Waals surface area (Å²) in [5.41, 5.74) is 6.94. The van der Waals surface area contributed by atoms with E-state index in [4.69, 9.17) is 19.9 Å². The number of aromatic hydroxyl groups is 1. The number of hydrogen-bond acceptors (Lipinski definition) is 7. The molecule has 0 heterocycles. The highest BCUT2D eigenvalue weighted by atomic mass is 16.5. The second kappa shape index (κ2) is 9.32. The minimum atomic E-state index is -0.461. The average molecular weight is 401 g/mol. The molecular weight excluding hydrogens is 374 g/mol. The van der Waals surface area contributed by atoms with Crippen LogP contribution in [0.25, 0.3) is 0 Å². The van der Waals surface area contributed by atoms with Crippen LogP contribution in [0, 0.1) is 0 Å². The lowest BCUT2D eigenvalue weighted by molar-refractivity contribution is 0.0377. The third-order valence-electron chi connectivity index (χ3n) is 4.03. The number of benzene rings is 2. The number of Topliss-reactive ketones (excluding diaryl/α,β-unsaturated/α-hetero) is 1. The molecule has 0 bridgehead atoms. The molecule has 0 saturated carbocycles. The molecular formula is C22H27NO6. The van der Waals surface area contributed by atoms with Gasteiger partial charge < -0.3 is 25.1 Å². The van der Waals surface area contributed by atoms with E-state index in [9.17, 15) is 14.7 Å². The molecule has 0 aliphatic rings. The smallest absolute Gasteiger partial charge is 0.338 e. The van der Waals surface area contributed by atoms with Crippen molar-refractivity contribution in [1.82, 2.24) is 0 Å². The van der Waals surface area contributed by atoms with Crippen LogP contribution in [-0.4, -0.2) is 36.2 Å². The van der Waals surface area contributed by atoms with Gasteiger partial charge in [-0.05, 0) is 52.0 Å². The zero-order chi connectivity index (χ0) is 21.7. The number of rotatable bonds is 8. The van der Waals surface area contributed by atoms with Crippen LogP contribution in [0.15, 0.2) is 30.3 Å². The number of ketones is 1. The Morgan fingerprint density at radius 2 is 1.76 bits per heavy atom. The molecule has 7 nitrogen and oxygen atoms in total. The summed E-state index contributed by atoms with van der Waals surface area (Å²) in [5, 5.41) is 10.1. The molecule has 0 aliphatic carbocycles. The summed E-state index contributed by atoms with van der Waals surface area (Å²) < 4.78 is 16.2. The fourth-order valence-electron chi connectivity index (χ4n) is 2.75. The molecule has 7 heteroatoms. The first-order chi connectivity index (χ1) is 13.6. The van der Waals surface area contributed by atoms with E-state index in [0.29, 0.717) is 16.9 Å². The highest BCUT2D eigenvalue weighted by Crippen LogP contribution is 2.36. The van der Waals surface area contributed by atoms with Gasteiger partial charge in [-0.15, -0.1) is 0 Å². The third kappa shape index (κ3) is 5.40. The number of ether oxygens (including phenoxy) is 3. The predicted octanol–water partition coefficient (Wildman–Crippen LogP) is 3.76. The molecule has 2 aromatic rings. The van der Waals surface area contributed by atoms with Crippen LogP contribution in [0.5, 0.6) is 17.2 Å². The van der Waals surface area contributed by atoms with Gasteiger partial charge >= 0.3 is 5.97 Å². The first-order valence-corrected chi connectivity index (χ1v) is 9.33. The zero-order valence-electron chi connectivity index (χ0n) is 17.3. The Balaban J connectivity index is 2.37. The molecule has 3 N–H and O–H groups in total. The van der Waals surface area contributed by atoms with Crippen LogP contribution in [0.4, 0.5) is 5.69 Å². The molecule has 0 spiro atoms. The maximum Gasteiger partial charge on any atom is 0.338 e. The van der Waals surface area contributed by atoms with Crippen LogP contribution in [0.2, 0.25) is 0 Å². The molecule has 0 saturated heterocycles. The van der Waals surface area contributed by atoms with Crippen LogP contribution >= 0.6 is 0 Å². The van der Waals surface area contributed by atoms with Crippen LogP contribution in [0.1, 0.15) is 54.0 Å². The first-order valence-electron chi connectivity index (χ1n) is 9.33. The van der Waals surface area contributed by atoms with Gasteiger partial charge in [-0.25, -0.2) is 4.79 Å². The number of hydrogen-bond donors (Lipinski definition) is 2. The lowest BCUT2D eigenvalue weighted by Crippen LogP contribution is -2.14. The molecule has 0 aromatic heterocycles. The van der Waals surface area contributed by atoms with Crippen molar-refractivity contribution >= 4 is 17.4 Å². The minimum absolute atomic E-state index is 0.0126. The fraction of sp³-hybridized carbons (Fsp3) is 0.364. The number of nitrogen functional groups attached to an aromatic ring is 1. The summed E-state index contributed by atoms with van der Waals surface area (Å²) in [4.78, 5) is 25.1. The summed E-state index contributed by atoms with van der Waals surface area (Å²) in [5.74, 6) is -0.577. The maximum absolute atomic E-state index is 12.9. The number of nitrogens with two attached hydrogens (primary N) is 1. The normalized spacial score (nSPS) is 10.9. The molecule has 2 rings (SSSR count). The van der Waals surface area contributed by atoms with Crippen molar-refractivity contribution < 1.29 is 28.9 Å². The van der Waals surface area contributed by atoms with Crippen molar-refractivity contribution in [1.29, 1.82) is 0 Å². The van der Waals surface area contributed by atoms with Crippen molar-refractivity contribution in [2.75, 3.05) is 12.8 Å². The quantitative estimate of drug-likeness (QED) is 0.300. The zero-order valence-corrected chi connectivity index (χ0v) is 17.3. The van der Waals surface area contributed by atoms with Crippen molar-refractivity contribution in [2.45, 2.75) is 46.3 Å². The molecule has 29 heavy (non-hydrogen) atoms. The van der Waals surface area contributed by atoms with E-state index in [1.165, 1.54) is 19.2 Å². The molecule has 0 unspecified atom stereocenters. The Morgan fingerprint density at radius 1 is 1.07 bits per heavy atom. The maximum atomic E-state index is 12.9. The standard InChI is InChI=1S/C22H27NO6/c1-12(2)28-19-11-15(22(26)29-13(3)4)7-6-14(19)10-18(24)16-8-9-17(23)20(25)21(16)27-5/h6-9,11-13,25H,10,23H2,1-5H3. The van der Waals surface area contributed by atoms with Crippen molar-refractivity contribution in [2.24, 2.45) is 0 Å². The molecule has 0 aliphatic heterocycles. The van der Waals surface area contributed by atoms with Gasteiger partial charge in [0.1, 0.15) is 5.75 Å². The van der Waals surface area contributed by atoms with E-state index in [1.54, 1.807) is 32.0 Å². The monoisotopic (exact) mass is 401 g/mol. The van der Waals surface area contributed by atoms with Gasteiger partial charge in [-0.2, -0.15) is 0 Å². The Kier molecular flexibility index (Phi) is 7.09. The Bertz CT molecular complexity index is 904. The Morgan fingerprint density at radius 3 is 2.34 bits per heavy atom. The highest BCUT2D eigenvalue weighted by molar-refractivity contribution is 6.02. The highest BCUT2D eigenvalue weighted by Gasteiger charge is 2.21. The number of phenolic OH excluding ortho intramolecular Hbond substituents is 1. The van der Waals surface area contributed by atoms with Crippen molar-refractivity contribution in [3.63, 3.8) is 0 Å². The number of esters is 1. The van der Waals surface area contributed by atoms with Gasteiger partial charge in [0, 0.05) is 12.0 Å². The van der Waals surface area contributed by atoms with Gasteiger partial charge in [0.2, 0.25) is 0 Å². The molecule has 0 radical (unpaired) electrons. The summed E-state index contributed by atoms with van der Waals surface area (Å²) in [6.07, 6.45) is -0.416. The van der Waals surface area contributed by atoms with Gasteiger partial charge in [0.05, 0.1) is 36.1 Å². The van der Waals surface area contributed by atoms with E-state index < -0.39 is 5.97 Å². The van der Waals surface area contributed by atoms with E-state index >= 15 is 0 Å². The molecule has 0 fully saturated rings. The summed E-state index contributed by atoms with van der Waals surface area (Å²) in [6.45, 7) is 7.25. The molecule has 156 valence electrons. The van der Waals surface area contributed by atoms with Crippen molar-refractivity contribution in [3.05, 3.63) is 47.0 Å². The largest absolute Gasteiger partial charge is 0.503 e.